The summed E-state index contributed by atoms with van der Waals surface area (Å²) in [7, 11) is 0. The average molecular weight is 244 g/mol. The van der Waals surface area contributed by atoms with Gasteiger partial charge in [-0.05, 0) is 17.7 Å². The van der Waals surface area contributed by atoms with Gasteiger partial charge in [-0.25, -0.2) is 0 Å². The Hall–Kier alpha value is -2.26. The van der Waals surface area contributed by atoms with Crippen molar-refractivity contribution in [3.8, 4) is 6.07 Å². The quantitative estimate of drug-likeness (QED) is 0.883. The minimum Gasteiger partial charge on any atom is -0.347 e. The topological polar surface area (TPSA) is 78.7 Å². The van der Waals surface area contributed by atoms with Gasteiger partial charge >= 0.3 is 0 Å². The summed E-state index contributed by atoms with van der Waals surface area (Å²) in [5.74, 6) is -0.247. The predicted molar refractivity (Wildman–Crippen MR) is 62.2 cm³/mol. The van der Waals surface area contributed by atoms with Crippen LogP contribution in [0.5, 0.6) is 0 Å². The van der Waals surface area contributed by atoms with Crippen LogP contribution in [0.15, 0.2) is 30.5 Å². The molecule has 5 nitrogen and oxygen atoms in total. The van der Waals surface area contributed by atoms with E-state index in [-0.39, 0.29) is 5.91 Å². The highest BCUT2D eigenvalue weighted by Gasteiger charge is 2.07. The highest BCUT2D eigenvalue weighted by atomic mass is 32.1. The van der Waals surface area contributed by atoms with Crippen molar-refractivity contribution in [2.45, 2.75) is 6.54 Å². The molecule has 6 heteroatoms. The Labute approximate surface area is 102 Å². The first kappa shape index (κ1) is 11.2. The van der Waals surface area contributed by atoms with E-state index in [0.29, 0.717) is 17.8 Å². The zero-order valence-electron chi connectivity index (χ0n) is 8.75. The normalized spacial score (nSPS) is 9.59. The molecule has 0 atom stereocenters. The number of rotatable bonds is 3. The van der Waals surface area contributed by atoms with Gasteiger partial charge in [-0.1, -0.05) is 12.1 Å². The van der Waals surface area contributed by atoms with E-state index in [1.54, 1.807) is 24.3 Å². The van der Waals surface area contributed by atoms with Crippen LogP contribution in [0.2, 0.25) is 0 Å². The van der Waals surface area contributed by atoms with Crippen molar-refractivity contribution in [1.29, 1.82) is 5.26 Å². The standard InChI is InChI=1S/C11H8N4OS/c12-5-8-1-3-9(4-2-8)6-13-11(16)10-7-14-17-15-10/h1-4,7H,6H2,(H,13,16). The fourth-order valence-electron chi connectivity index (χ4n) is 1.23. The Kier molecular flexibility index (Phi) is 3.43. The van der Waals surface area contributed by atoms with Crippen LogP contribution >= 0.6 is 11.7 Å². The maximum atomic E-state index is 11.5. The molecule has 0 saturated heterocycles. The molecule has 1 aromatic carbocycles. The monoisotopic (exact) mass is 244 g/mol. The molecule has 0 fully saturated rings. The summed E-state index contributed by atoms with van der Waals surface area (Å²) in [6, 6.07) is 9.07. The lowest BCUT2D eigenvalue weighted by atomic mass is 10.1. The zero-order chi connectivity index (χ0) is 12.1. The van der Waals surface area contributed by atoms with Crippen LogP contribution in [-0.2, 0) is 6.54 Å². The molecule has 1 amide bonds. The molecule has 0 saturated carbocycles. The maximum Gasteiger partial charge on any atom is 0.272 e. The van der Waals surface area contributed by atoms with Crippen molar-refractivity contribution in [3.63, 3.8) is 0 Å². The van der Waals surface area contributed by atoms with Crippen molar-refractivity contribution in [2.75, 3.05) is 0 Å². The second kappa shape index (κ2) is 5.18. The molecular formula is C11H8N4OS. The second-order valence-corrected chi connectivity index (χ2v) is 3.84. The highest BCUT2D eigenvalue weighted by molar-refractivity contribution is 6.99. The zero-order valence-corrected chi connectivity index (χ0v) is 9.57. The first-order chi connectivity index (χ1) is 8.29. The first-order valence-corrected chi connectivity index (χ1v) is 5.57. The van der Waals surface area contributed by atoms with Gasteiger partial charge in [-0.3, -0.25) is 4.79 Å². The van der Waals surface area contributed by atoms with Crippen LogP contribution in [0, 0.1) is 11.3 Å². The molecule has 0 bridgehead atoms. The molecule has 2 rings (SSSR count). The Morgan fingerprint density at radius 1 is 1.41 bits per heavy atom. The largest absolute Gasteiger partial charge is 0.347 e. The van der Waals surface area contributed by atoms with Gasteiger partial charge in [0.15, 0.2) is 5.69 Å². The molecule has 17 heavy (non-hydrogen) atoms. The van der Waals surface area contributed by atoms with Crippen LogP contribution < -0.4 is 5.32 Å². The lowest BCUT2D eigenvalue weighted by Crippen LogP contribution is -2.22. The lowest BCUT2D eigenvalue weighted by Gasteiger charge is -2.02. The third-order valence-electron chi connectivity index (χ3n) is 2.13. The molecule has 84 valence electrons. The van der Waals surface area contributed by atoms with Gasteiger partial charge in [0.2, 0.25) is 0 Å². The van der Waals surface area contributed by atoms with Gasteiger partial charge in [-0.2, -0.15) is 14.0 Å². The van der Waals surface area contributed by atoms with E-state index in [2.05, 4.69) is 14.1 Å². The van der Waals surface area contributed by atoms with Crippen molar-refractivity contribution in [2.24, 2.45) is 0 Å². The van der Waals surface area contributed by atoms with E-state index in [9.17, 15) is 4.79 Å². The average Bonchev–Trinajstić information content (AvgIpc) is 2.90. The fourth-order valence-corrected chi connectivity index (χ4v) is 1.65. The van der Waals surface area contributed by atoms with Gasteiger partial charge in [0.1, 0.15) is 0 Å². The summed E-state index contributed by atoms with van der Waals surface area (Å²) in [5.41, 5.74) is 1.85. The van der Waals surface area contributed by atoms with Crippen LogP contribution in [-0.4, -0.2) is 14.7 Å². The van der Waals surface area contributed by atoms with Crippen LogP contribution in [0.25, 0.3) is 0 Å². The second-order valence-electron chi connectivity index (χ2n) is 3.28. The Bertz CT molecular complexity index is 542. The summed E-state index contributed by atoms with van der Waals surface area (Å²) < 4.78 is 7.59. The maximum absolute atomic E-state index is 11.5. The number of benzene rings is 1. The summed E-state index contributed by atoms with van der Waals surface area (Å²) in [4.78, 5) is 11.5. The van der Waals surface area contributed by atoms with E-state index >= 15 is 0 Å². The molecule has 0 unspecified atom stereocenters. The number of carbonyl (C=O) groups excluding carboxylic acids is 1. The van der Waals surface area contributed by atoms with Crippen molar-refractivity contribution in [3.05, 3.63) is 47.3 Å². The molecule has 0 radical (unpaired) electrons. The number of carbonyl (C=O) groups is 1. The third kappa shape index (κ3) is 2.86. The van der Waals surface area contributed by atoms with Gasteiger partial charge in [0, 0.05) is 6.54 Å². The van der Waals surface area contributed by atoms with Crippen molar-refractivity contribution in [1.82, 2.24) is 14.1 Å². The van der Waals surface area contributed by atoms with E-state index in [1.165, 1.54) is 6.20 Å². The first-order valence-electron chi connectivity index (χ1n) is 4.84. The molecule has 0 aliphatic carbocycles. The third-order valence-corrected chi connectivity index (χ3v) is 2.61. The number of hydrogen-bond donors (Lipinski definition) is 1. The summed E-state index contributed by atoms with van der Waals surface area (Å²) >= 11 is 0.998. The lowest BCUT2D eigenvalue weighted by molar-refractivity contribution is 0.0947. The Balaban J connectivity index is 1.94. The van der Waals surface area contributed by atoms with E-state index in [1.807, 2.05) is 6.07 Å². The smallest absolute Gasteiger partial charge is 0.272 e. The van der Waals surface area contributed by atoms with E-state index < -0.39 is 0 Å². The summed E-state index contributed by atoms with van der Waals surface area (Å²) in [6.07, 6.45) is 1.43. The number of nitriles is 1. The summed E-state index contributed by atoms with van der Waals surface area (Å²) in [5, 5.41) is 11.4. The van der Waals surface area contributed by atoms with Crippen LogP contribution in [0.1, 0.15) is 21.6 Å². The van der Waals surface area contributed by atoms with Crippen molar-refractivity contribution < 1.29 is 4.79 Å². The summed E-state index contributed by atoms with van der Waals surface area (Å²) in [6.45, 7) is 0.405. The van der Waals surface area contributed by atoms with Gasteiger partial charge in [0.25, 0.3) is 5.91 Å². The number of aromatic nitrogens is 2. The molecule has 2 aromatic rings. The van der Waals surface area contributed by atoms with Gasteiger partial charge in [-0.15, -0.1) is 0 Å². The number of nitrogens with zero attached hydrogens (tertiary/aromatic N) is 3. The highest BCUT2D eigenvalue weighted by Crippen LogP contribution is 2.03. The van der Waals surface area contributed by atoms with Gasteiger partial charge < -0.3 is 5.32 Å². The van der Waals surface area contributed by atoms with Gasteiger partial charge in [0.05, 0.1) is 29.6 Å². The minimum absolute atomic E-state index is 0.247. The molecule has 0 aliphatic heterocycles. The Morgan fingerprint density at radius 3 is 2.76 bits per heavy atom. The number of amides is 1. The predicted octanol–water partition coefficient (Wildman–Crippen LogP) is 1.34. The molecule has 0 spiro atoms. The van der Waals surface area contributed by atoms with Crippen LogP contribution in [0.3, 0.4) is 0 Å². The SMILES string of the molecule is N#Cc1ccc(CNC(=O)c2cnsn2)cc1. The van der Waals surface area contributed by atoms with E-state index in [4.69, 9.17) is 5.26 Å². The number of nitrogens with one attached hydrogen (secondary N) is 1. The molecule has 1 heterocycles. The molecular weight excluding hydrogens is 236 g/mol. The number of hydrogen-bond acceptors (Lipinski definition) is 5. The van der Waals surface area contributed by atoms with Crippen LogP contribution in [0.4, 0.5) is 0 Å². The molecule has 1 aromatic heterocycles. The molecule has 0 aliphatic rings. The fraction of sp³-hybridized carbons (Fsp3) is 0.0909. The van der Waals surface area contributed by atoms with E-state index in [0.717, 1.165) is 17.3 Å². The minimum atomic E-state index is -0.247. The molecule has 1 N–H and O–H groups in total. The Morgan fingerprint density at radius 2 is 2.18 bits per heavy atom. The van der Waals surface area contributed by atoms with Crippen molar-refractivity contribution >= 4 is 17.6 Å².